The summed E-state index contributed by atoms with van der Waals surface area (Å²) in [4.78, 5) is 4.46. The third-order valence-corrected chi connectivity index (χ3v) is 2.98. The van der Waals surface area contributed by atoms with E-state index in [9.17, 15) is 5.11 Å². The molecule has 1 aromatic heterocycles. The Morgan fingerprint density at radius 3 is 3.13 bits per heavy atom. The van der Waals surface area contributed by atoms with Gasteiger partial charge in [-0.05, 0) is 38.4 Å². The van der Waals surface area contributed by atoms with E-state index in [4.69, 9.17) is 0 Å². The van der Waals surface area contributed by atoms with Gasteiger partial charge in [-0.2, -0.15) is 0 Å². The summed E-state index contributed by atoms with van der Waals surface area (Å²) >= 11 is 0. The van der Waals surface area contributed by atoms with Gasteiger partial charge < -0.3 is 10.4 Å². The minimum absolute atomic E-state index is 0.173. The van der Waals surface area contributed by atoms with Crippen molar-refractivity contribution in [2.45, 2.75) is 25.9 Å². The van der Waals surface area contributed by atoms with Crippen molar-refractivity contribution in [2.24, 2.45) is 5.92 Å². The second-order valence-corrected chi connectivity index (χ2v) is 4.29. The number of hydrogen-bond donors (Lipinski definition) is 2. The van der Waals surface area contributed by atoms with Gasteiger partial charge in [-0.25, -0.2) is 0 Å². The van der Waals surface area contributed by atoms with Gasteiger partial charge in [-0.15, -0.1) is 0 Å². The van der Waals surface area contributed by atoms with E-state index < -0.39 is 0 Å². The molecule has 1 aromatic rings. The first-order valence-corrected chi connectivity index (χ1v) is 5.57. The van der Waals surface area contributed by atoms with Crippen LogP contribution in [0.3, 0.4) is 0 Å². The number of aliphatic hydroxyl groups is 1. The number of aryl methyl sites for hydroxylation is 1. The van der Waals surface area contributed by atoms with Crippen LogP contribution in [0.15, 0.2) is 18.2 Å². The van der Waals surface area contributed by atoms with Crippen LogP contribution >= 0.6 is 0 Å². The average molecular weight is 206 g/mol. The molecule has 3 nitrogen and oxygen atoms in total. The SMILES string of the molecule is Cc1cccc(CC2CNCCC2O)n1. The standard InChI is InChI=1S/C12H18N2O/c1-9-3-2-4-11(14-9)7-10-8-13-6-5-12(10)15/h2-4,10,12-13,15H,5-8H2,1H3. The highest BCUT2D eigenvalue weighted by atomic mass is 16.3. The predicted octanol–water partition coefficient (Wildman–Crippen LogP) is 0.903. The molecule has 0 spiro atoms. The molecule has 82 valence electrons. The summed E-state index contributed by atoms with van der Waals surface area (Å²) in [5, 5.41) is 13.1. The summed E-state index contributed by atoms with van der Waals surface area (Å²) < 4.78 is 0. The minimum atomic E-state index is -0.173. The smallest absolute Gasteiger partial charge is 0.0596 e. The highest BCUT2D eigenvalue weighted by Crippen LogP contribution is 2.16. The molecule has 15 heavy (non-hydrogen) atoms. The van der Waals surface area contributed by atoms with Gasteiger partial charge in [-0.1, -0.05) is 6.07 Å². The van der Waals surface area contributed by atoms with Gasteiger partial charge in [0.15, 0.2) is 0 Å². The summed E-state index contributed by atoms with van der Waals surface area (Å²) in [6.07, 6.45) is 1.56. The van der Waals surface area contributed by atoms with Crippen LogP contribution in [-0.2, 0) is 6.42 Å². The lowest BCUT2D eigenvalue weighted by Crippen LogP contribution is -2.41. The van der Waals surface area contributed by atoms with E-state index in [2.05, 4.69) is 10.3 Å². The van der Waals surface area contributed by atoms with Crippen LogP contribution in [0.2, 0.25) is 0 Å². The first-order chi connectivity index (χ1) is 7.25. The normalized spacial score (nSPS) is 26.5. The number of aliphatic hydroxyl groups excluding tert-OH is 1. The molecule has 3 heteroatoms. The topological polar surface area (TPSA) is 45.1 Å². The molecule has 0 saturated carbocycles. The van der Waals surface area contributed by atoms with E-state index in [1.165, 1.54) is 0 Å². The van der Waals surface area contributed by atoms with E-state index in [0.717, 1.165) is 37.3 Å². The quantitative estimate of drug-likeness (QED) is 0.756. The van der Waals surface area contributed by atoms with Crippen molar-refractivity contribution in [3.8, 4) is 0 Å². The maximum absolute atomic E-state index is 9.83. The Morgan fingerprint density at radius 1 is 1.53 bits per heavy atom. The average Bonchev–Trinajstić information content (AvgIpc) is 2.22. The summed E-state index contributed by atoms with van der Waals surface area (Å²) in [5.41, 5.74) is 2.13. The Morgan fingerprint density at radius 2 is 2.40 bits per heavy atom. The molecule has 0 bridgehead atoms. The fourth-order valence-corrected chi connectivity index (χ4v) is 2.10. The number of pyridine rings is 1. The molecular formula is C12H18N2O. The van der Waals surface area contributed by atoms with E-state index in [0.29, 0.717) is 5.92 Å². The van der Waals surface area contributed by atoms with Crippen molar-refractivity contribution in [3.05, 3.63) is 29.6 Å². The lowest BCUT2D eigenvalue weighted by molar-refractivity contribution is 0.0786. The highest BCUT2D eigenvalue weighted by Gasteiger charge is 2.23. The first kappa shape index (κ1) is 10.6. The lowest BCUT2D eigenvalue weighted by Gasteiger charge is -2.28. The highest BCUT2D eigenvalue weighted by molar-refractivity contribution is 5.11. The summed E-state index contributed by atoms with van der Waals surface area (Å²) in [6, 6.07) is 6.06. The number of aromatic nitrogens is 1. The van der Waals surface area contributed by atoms with Crippen molar-refractivity contribution >= 4 is 0 Å². The van der Waals surface area contributed by atoms with E-state index >= 15 is 0 Å². The van der Waals surface area contributed by atoms with Gasteiger partial charge in [0.2, 0.25) is 0 Å². The third-order valence-electron chi connectivity index (χ3n) is 2.98. The summed E-state index contributed by atoms with van der Waals surface area (Å²) in [5.74, 6) is 0.313. The minimum Gasteiger partial charge on any atom is -0.393 e. The van der Waals surface area contributed by atoms with E-state index in [1.807, 2.05) is 25.1 Å². The first-order valence-electron chi connectivity index (χ1n) is 5.57. The zero-order chi connectivity index (χ0) is 10.7. The van der Waals surface area contributed by atoms with Crippen molar-refractivity contribution < 1.29 is 5.11 Å². The Bertz CT molecular complexity index is 327. The molecule has 2 atom stereocenters. The van der Waals surface area contributed by atoms with Crippen LogP contribution < -0.4 is 5.32 Å². The molecular weight excluding hydrogens is 188 g/mol. The largest absolute Gasteiger partial charge is 0.393 e. The van der Waals surface area contributed by atoms with Crippen molar-refractivity contribution in [1.82, 2.24) is 10.3 Å². The van der Waals surface area contributed by atoms with Gasteiger partial charge in [-0.3, -0.25) is 4.98 Å². The molecule has 1 saturated heterocycles. The second kappa shape index (κ2) is 4.73. The number of nitrogens with one attached hydrogen (secondary N) is 1. The molecule has 0 radical (unpaired) electrons. The number of piperidine rings is 1. The van der Waals surface area contributed by atoms with Gasteiger partial charge in [0, 0.05) is 23.9 Å². The van der Waals surface area contributed by atoms with Crippen LogP contribution in [0.25, 0.3) is 0 Å². The molecule has 0 aromatic carbocycles. The fourth-order valence-electron chi connectivity index (χ4n) is 2.10. The van der Waals surface area contributed by atoms with Crippen LogP contribution in [0.4, 0.5) is 0 Å². The molecule has 1 aliphatic rings. The fraction of sp³-hybridized carbons (Fsp3) is 0.583. The zero-order valence-corrected chi connectivity index (χ0v) is 9.11. The number of nitrogens with zero attached hydrogens (tertiary/aromatic N) is 1. The second-order valence-electron chi connectivity index (χ2n) is 4.29. The maximum Gasteiger partial charge on any atom is 0.0596 e. The molecule has 1 aliphatic heterocycles. The summed E-state index contributed by atoms with van der Waals surface area (Å²) in [6.45, 7) is 3.83. The number of hydrogen-bond acceptors (Lipinski definition) is 3. The predicted molar refractivity (Wildman–Crippen MR) is 59.7 cm³/mol. The van der Waals surface area contributed by atoms with Crippen molar-refractivity contribution in [1.29, 1.82) is 0 Å². The maximum atomic E-state index is 9.83. The Balaban J connectivity index is 2.01. The molecule has 2 unspecified atom stereocenters. The molecule has 2 rings (SSSR count). The number of rotatable bonds is 2. The Kier molecular flexibility index (Phi) is 3.34. The monoisotopic (exact) mass is 206 g/mol. The molecule has 0 amide bonds. The van der Waals surface area contributed by atoms with Gasteiger partial charge in [0.1, 0.15) is 0 Å². The molecule has 0 aliphatic carbocycles. The van der Waals surface area contributed by atoms with Crippen LogP contribution in [-0.4, -0.2) is 29.3 Å². The lowest BCUT2D eigenvalue weighted by atomic mass is 9.91. The summed E-state index contributed by atoms with van der Waals surface area (Å²) in [7, 11) is 0. The third kappa shape index (κ3) is 2.76. The van der Waals surface area contributed by atoms with Crippen LogP contribution in [0.5, 0.6) is 0 Å². The molecule has 2 heterocycles. The Labute approximate surface area is 90.5 Å². The van der Waals surface area contributed by atoms with Crippen LogP contribution in [0.1, 0.15) is 17.8 Å². The van der Waals surface area contributed by atoms with Crippen molar-refractivity contribution in [3.63, 3.8) is 0 Å². The van der Waals surface area contributed by atoms with Gasteiger partial charge in [0.05, 0.1) is 6.10 Å². The molecule has 2 N–H and O–H groups in total. The van der Waals surface area contributed by atoms with Gasteiger partial charge >= 0.3 is 0 Å². The van der Waals surface area contributed by atoms with Crippen molar-refractivity contribution in [2.75, 3.05) is 13.1 Å². The van der Waals surface area contributed by atoms with Crippen LogP contribution in [0, 0.1) is 12.8 Å². The van der Waals surface area contributed by atoms with E-state index in [-0.39, 0.29) is 6.10 Å². The molecule has 1 fully saturated rings. The van der Waals surface area contributed by atoms with E-state index in [1.54, 1.807) is 0 Å². The van der Waals surface area contributed by atoms with Gasteiger partial charge in [0.25, 0.3) is 0 Å². The zero-order valence-electron chi connectivity index (χ0n) is 9.11. The Hall–Kier alpha value is -0.930.